The second-order valence-electron chi connectivity index (χ2n) is 6.51. The molecule has 1 aromatic heterocycles. The van der Waals surface area contributed by atoms with Crippen molar-refractivity contribution in [3.63, 3.8) is 0 Å². The first-order valence-corrected chi connectivity index (χ1v) is 10.5. The quantitative estimate of drug-likeness (QED) is 0.623. The van der Waals surface area contributed by atoms with Crippen LogP contribution >= 0.6 is 7.60 Å². The number of ether oxygens (including phenoxy) is 1. The smallest absolute Gasteiger partial charge is 0.331 e. The minimum atomic E-state index is -3.42. The third-order valence-electron chi connectivity index (χ3n) is 4.38. The molecule has 0 amide bonds. The second-order valence-corrected chi connectivity index (χ2v) is 8.61. The number of nitrogens with one attached hydrogen (secondary N) is 1. The van der Waals surface area contributed by atoms with E-state index in [1.807, 2.05) is 0 Å². The molecule has 1 aliphatic rings. The van der Waals surface area contributed by atoms with Crippen LogP contribution in [0.3, 0.4) is 0 Å². The Morgan fingerprint density at radius 1 is 1.37 bits per heavy atom. The maximum absolute atomic E-state index is 14.7. The number of aromatic nitrogens is 2. The van der Waals surface area contributed by atoms with Crippen molar-refractivity contribution in [3.8, 4) is 0 Å². The van der Waals surface area contributed by atoms with E-state index in [0.717, 1.165) is 4.57 Å². The van der Waals surface area contributed by atoms with Gasteiger partial charge in [-0.3, -0.25) is 18.9 Å². The lowest BCUT2D eigenvalue weighted by Gasteiger charge is -2.26. The molecular formula is C16H26FN2O7P. The van der Waals surface area contributed by atoms with Gasteiger partial charge < -0.3 is 18.9 Å². The summed E-state index contributed by atoms with van der Waals surface area (Å²) in [6.07, 6.45) is -4.77. The predicted molar refractivity (Wildman–Crippen MR) is 95.8 cm³/mol. The SMILES string of the molecule is CCOP(=O)(C[C@@H](C)C1O[C@H](n2cc(C)c(=O)[nH]c2=O)[C@H](F)[C@@H]1O)OCC. The molecule has 1 fully saturated rings. The number of hydrogen-bond donors (Lipinski definition) is 2. The molecule has 27 heavy (non-hydrogen) atoms. The molecule has 0 spiro atoms. The van der Waals surface area contributed by atoms with E-state index >= 15 is 0 Å². The van der Waals surface area contributed by atoms with Crippen molar-refractivity contribution < 1.29 is 27.8 Å². The fraction of sp³-hybridized carbons (Fsp3) is 0.750. The fourth-order valence-corrected chi connectivity index (χ4v) is 5.11. The van der Waals surface area contributed by atoms with Gasteiger partial charge in [0.2, 0.25) is 0 Å². The lowest BCUT2D eigenvalue weighted by Crippen LogP contribution is -2.37. The van der Waals surface area contributed by atoms with Gasteiger partial charge in [0.15, 0.2) is 12.4 Å². The highest BCUT2D eigenvalue weighted by molar-refractivity contribution is 7.53. The molecule has 2 N–H and O–H groups in total. The number of H-pyrrole nitrogens is 1. The van der Waals surface area contributed by atoms with Crippen LogP contribution in [0.2, 0.25) is 0 Å². The van der Waals surface area contributed by atoms with Gasteiger partial charge >= 0.3 is 13.3 Å². The fourth-order valence-electron chi connectivity index (χ4n) is 3.12. The zero-order valence-corrected chi connectivity index (χ0v) is 16.6. The molecule has 2 rings (SSSR count). The molecule has 9 nitrogen and oxygen atoms in total. The third-order valence-corrected chi connectivity index (χ3v) is 6.70. The van der Waals surface area contributed by atoms with Gasteiger partial charge in [-0.25, -0.2) is 9.18 Å². The van der Waals surface area contributed by atoms with Crippen molar-refractivity contribution in [2.75, 3.05) is 19.4 Å². The number of halogens is 1. The number of alkyl halides is 1. The Morgan fingerprint density at radius 3 is 2.52 bits per heavy atom. The van der Waals surface area contributed by atoms with E-state index in [1.54, 1.807) is 20.8 Å². The zero-order valence-electron chi connectivity index (χ0n) is 15.8. The normalized spacial score (nSPS) is 27.0. The first-order chi connectivity index (χ1) is 12.6. The standard InChI is InChI=1S/C16H26FN2O7P/c1-5-24-27(23,25-6-2)8-10(4)13-12(20)11(17)15(26-13)19-7-9(3)14(21)18-16(19)22/h7,10-13,15,20H,5-6,8H2,1-4H3,(H,18,21,22)/t10-,11-,12+,13?,15+/m1/s1. The molecular weight excluding hydrogens is 382 g/mol. The summed E-state index contributed by atoms with van der Waals surface area (Å²) in [5.41, 5.74) is -1.22. The molecule has 5 atom stereocenters. The average molecular weight is 408 g/mol. The van der Waals surface area contributed by atoms with Crippen LogP contribution in [0.1, 0.15) is 32.6 Å². The van der Waals surface area contributed by atoms with Gasteiger partial charge in [-0.1, -0.05) is 6.92 Å². The van der Waals surface area contributed by atoms with Gasteiger partial charge in [-0.05, 0) is 26.7 Å². The highest BCUT2D eigenvalue weighted by Gasteiger charge is 2.49. The van der Waals surface area contributed by atoms with E-state index < -0.39 is 49.4 Å². The van der Waals surface area contributed by atoms with Gasteiger partial charge in [0, 0.05) is 11.8 Å². The summed E-state index contributed by atoms with van der Waals surface area (Å²) in [6.45, 7) is 6.81. The second kappa shape index (κ2) is 8.79. The molecule has 0 bridgehead atoms. The van der Waals surface area contributed by atoms with Crippen LogP contribution in [0.4, 0.5) is 4.39 Å². The number of hydrogen-bond acceptors (Lipinski definition) is 7. The van der Waals surface area contributed by atoms with Crippen LogP contribution in [-0.2, 0) is 18.3 Å². The molecule has 2 heterocycles. The molecule has 1 aromatic rings. The van der Waals surface area contributed by atoms with Crippen LogP contribution in [0.15, 0.2) is 15.8 Å². The molecule has 1 unspecified atom stereocenters. The Labute approximate surface area is 156 Å². The predicted octanol–water partition coefficient (Wildman–Crippen LogP) is 1.34. The third kappa shape index (κ3) is 4.75. The van der Waals surface area contributed by atoms with Gasteiger partial charge in [-0.15, -0.1) is 0 Å². The van der Waals surface area contributed by atoms with Crippen molar-refractivity contribution >= 4 is 7.60 Å². The molecule has 0 aromatic carbocycles. The topological polar surface area (TPSA) is 120 Å². The Bertz CT molecular complexity index is 801. The van der Waals surface area contributed by atoms with Crippen LogP contribution in [-0.4, -0.2) is 52.4 Å². The van der Waals surface area contributed by atoms with Crippen molar-refractivity contribution in [2.24, 2.45) is 5.92 Å². The molecule has 1 aliphatic heterocycles. The summed E-state index contributed by atoms with van der Waals surface area (Å²) in [5, 5.41) is 10.3. The van der Waals surface area contributed by atoms with Crippen molar-refractivity contribution in [1.29, 1.82) is 0 Å². The van der Waals surface area contributed by atoms with E-state index in [-0.39, 0.29) is 24.9 Å². The summed E-state index contributed by atoms with van der Waals surface area (Å²) >= 11 is 0. The number of nitrogens with zero attached hydrogens (tertiary/aromatic N) is 1. The van der Waals surface area contributed by atoms with E-state index in [0.29, 0.717) is 0 Å². The van der Waals surface area contributed by atoms with Gasteiger partial charge in [0.05, 0.1) is 25.5 Å². The first kappa shape index (κ1) is 22.0. The van der Waals surface area contributed by atoms with Gasteiger partial charge in [-0.2, -0.15) is 0 Å². The average Bonchev–Trinajstić information content (AvgIpc) is 2.87. The van der Waals surface area contributed by atoms with Crippen molar-refractivity contribution in [3.05, 3.63) is 32.6 Å². The molecule has 11 heteroatoms. The zero-order chi connectivity index (χ0) is 20.4. The minimum Gasteiger partial charge on any atom is -0.387 e. The number of aliphatic hydroxyl groups is 1. The highest BCUT2D eigenvalue weighted by atomic mass is 31.2. The van der Waals surface area contributed by atoms with E-state index in [2.05, 4.69) is 4.98 Å². The maximum Gasteiger partial charge on any atom is 0.331 e. The molecule has 0 aliphatic carbocycles. The first-order valence-electron chi connectivity index (χ1n) is 8.81. The lowest BCUT2D eigenvalue weighted by atomic mass is 10.0. The Morgan fingerprint density at radius 2 is 1.96 bits per heavy atom. The largest absolute Gasteiger partial charge is 0.387 e. The molecule has 0 radical (unpaired) electrons. The van der Waals surface area contributed by atoms with Gasteiger partial charge in [0.25, 0.3) is 5.56 Å². The maximum atomic E-state index is 14.7. The van der Waals surface area contributed by atoms with Crippen molar-refractivity contribution in [2.45, 2.75) is 52.3 Å². The molecule has 1 saturated heterocycles. The van der Waals surface area contributed by atoms with Crippen LogP contribution in [0.5, 0.6) is 0 Å². The van der Waals surface area contributed by atoms with E-state index in [4.69, 9.17) is 13.8 Å². The Kier molecular flexibility index (Phi) is 7.15. The number of aliphatic hydroxyl groups excluding tert-OH is 1. The van der Waals surface area contributed by atoms with Crippen LogP contribution in [0, 0.1) is 12.8 Å². The summed E-state index contributed by atoms with van der Waals surface area (Å²) in [5.74, 6) is -0.577. The lowest BCUT2D eigenvalue weighted by molar-refractivity contribution is -0.0471. The number of aromatic amines is 1. The number of rotatable bonds is 8. The highest BCUT2D eigenvalue weighted by Crippen LogP contribution is 2.51. The molecule has 0 saturated carbocycles. The summed E-state index contributed by atoms with van der Waals surface area (Å²) in [4.78, 5) is 25.6. The van der Waals surface area contributed by atoms with Crippen molar-refractivity contribution in [1.82, 2.24) is 9.55 Å². The van der Waals surface area contributed by atoms with Crippen LogP contribution < -0.4 is 11.2 Å². The van der Waals surface area contributed by atoms with E-state index in [9.17, 15) is 23.7 Å². The van der Waals surface area contributed by atoms with Crippen LogP contribution in [0.25, 0.3) is 0 Å². The summed E-state index contributed by atoms with van der Waals surface area (Å²) < 4.78 is 44.3. The van der Waals surface area contributed by atoms with E-state index in [1.165, 1.54) is 13.1 Å². The Balaban J connectivity index is 2.23. The number of aryl methyl sites for hydroxylation is 1. The van der Waals surface area contributed by atoms with Gasteiger partial charge in [0.1, 0.15) is 6.10 Å². The monoisotopic (exact) mass is 408 g/mol. The summed E-state index contributed by atoms with van der Waals surface area (Å²) in [6, 6.07) is 0. The minimum absolute atomic E-state index is 0.0740. The molecule has 154 valence electrons. The summed E-state index contributed by atoms with van der Waals surface area (Å²) in [7, 11) is -3.42. The Hall–Kier alpha value is -1.32.